The SMILES string of the molecule is O=C(COC(=O)c1ccncc1)Nc1ccc(F)cc1Cl. The molecular formula is C14H10ClFN2O3. The van der Waals surface area contributed by atoms with Crippen LogP contribution in [0.2, 0.25) is 5.02 Å². The average molecular weight is 309 g/mol. The molecule has 1 heterocycles. The maximum absolute atomic E-state index is 12.9. The highest BCUT2D eigenvalue weighted by Gasteiger charge is 2.11. The zero-order valence-corrected chi connectivity index (χ0v) is 11.4. The summed E-state index contributed by atoms with van der Waals surface area (Å²) in [6.07, 6.45) is 2.88. The molecule has 0 atom stereocenters. The minimum Gasteiger partial charge on any atom is -0.452 e. The summed E-state index contributed by atoms with van der Waals surface area (Å²) in [6.45, 7) is -0.477. The van der Waals surface area contributed by atoms with E-state index in [1.807, 2.05) is 0 Å². The molecule has 0 bridgehead atoms. The number of aromatic nitrogens is 1. The van der Waals surface area contributed by atoms with Gasteiger partial charge < -0.3 is 10.1 Å². The fourth-order valence-corrected chi connectivity index (χ4v) is 1.69. The number of amides is 1. The molecule has 2 aromatic rings. The van der Waals surface area contributed by atoms with Crippen LogP contribution < -0.4 is 5.32 Å². The van der Waals surface area contributed by atoms with Gasteiger partial charge in [-0.3, -0.25) is 9.78 Å². The molecule has 0 radical (unpaired) electrons. The molecule has 0 spiro atoms. The first-order valence-electron chi connectivity index (χ1n) is 5.88. The number of carbonyl (C=O) groups is 2. The van der Waals surface area contributed by atoms with Crippen molar-refractivity contribution in [1.82, 2.24) is 4.98 Å². The Morgan fingerprint density at radius 2 is 1.95 bits per heavy atom. The van der Waals surface area contributed by atoms with Gasteiger partial charge in [0.05, 0.1) is 16.3 Å². The summed E-state index contributed by atoms with van der Waals surface area (Å²) in [5.41, 5.74) is 0.528. The first-order valence-corrected chi connectivity index (χ1v) is 6.26. The molecule has 0 fully saturated rings. The minimum atomic E-state index is -0.641. The Hall–Kier alpha value is -2.47. The maximum Gasteiger partial charge on any atom is 0.338 e. The molecule has 1 N–H and O–H groups in total. The van der Waals surface area contributed by atoms with Gasteiger partial charge in [-0.15, -0.1) is 0 Å². The van der Waals surface area contributed by atoms with Gasteiger partial charge in [-0.2, -0.15) is 0 Å². The van der Waals surface area contributed by atoms with E-state index in [0.717, 1.165) is 12.1 Å². The lowest BCUT2D eigenvalue weighted by Gasteiger charge is -2.08. The monoisotopic (exact) mass is 308 g/mol. The Bertz CT molecular complexity index is 665. The van der Waals surface area contributed by atoms with Crippen LogP contribution in [-0.4, -0.2) is 23.5 Å². The predicted octanol–water partition coefficient (Wildman–Crippen LogP) is 2.67. The quantitative estimate of drug-likeness (QED) is 0.882. The highest BCUT2D eigenvalue weighted by atomic mass is 35.5. The van der Waals surface area contributed by atoms with E-state index < -0.39 is 24.3 Å². The molecule has 5 nitrogen and oxygen atoms in total. The van der Waals surface area contributed by atoms with Gasteiger partial charge in [0.2, 0.25) is 0 Å². The van der Waals surface area contributed by atoms with E-state index in [9.17, 15) is 14.0 Å². The van der Waals surface area contributed by atoms with E-state index in [1.165, 1.54) is 30.6 Å². The van der Waals surface area contributed by atoms with E-state index in [4.69, 9.17) is 16.3 Å². The standard InChI is InChI=1S/C14H10ClFN2O3/c15-11-7-10(16)1-2-12(11)18-13(19)8-21-14(20)9-3-5-17-6-4-9/h1-7H,8H2,(H,18,19). The zero-order valence-electron chi connectivity index (χ0n) is 10.7. The van der Waals surface area contributed by atoms with Crippen molar-refractivity contribution in [2.75, 3.05) is 11.9 Å². The predicted molar refractivity (Wildman–Crippen MR) is 74.6 cm³/mol. The van der Waals surface area contributed by atoms with E-state index in [1.54, 1.807) is 0 Å². The second-order valence-corrected chi connectivity index (χ2v) is 4.39. The molecule has 0 aliphatic carbocycles. The first-order chi connectivity index (χ1) is 10.1. The molecule has 1 amide bonds. The topological polar surface area (TPSA) is 68.3 Å². The van der Waals surface area contributed by atoms with Gasteiger partial charge in [-0.25, -0.2) is 9.18 Å². The molecule has 0 saturated heterocycles. The highest BCUT2D eigenvalue weighted by Crippen LogP contribution is 2.22. The second kappa shape index (κ2) is 6.81. The minimum absolute atomic E-state index is 0.0591. The van der Waals surface area contributed by atoms with Crippen LogP contribution >= 0.6 is 11.6 Å². The summed E-state index contributed by atoms with van der Waals surface area (Å²) in [5.74, 6) is -1.73. The van der Waals surface area contributed by atoms with Crippen LogP contribution in [0.1, 0.15) is 10.4 Å². The van der Waals surface area contributed by atoms with E-state index in [-0.39, 0.29) is 16.3 Å². The average Bonchev–Trinajstić information content (AvgIpc) is 2.48. The van der Waals surface area contributed by atoms with Crippen molar-refractivity contribution in [2.24, 2.45) is 0 Å². The number of esters is 1. The number of halogens is 2. The van der Waals surface area contributed by atoms with Gasteiger partial charge in [0.25, 0.3) is 5.91 Å². The summed E-state index contributed by atoms with van der Waals surface area (Å²) in [5, 5.41) is 2.48. The number of ether oxygens (including phenoxy) is 1. The molecule has 0 unspecified atom stereocenters. The summed E-state index contributed by atoms with van der Waals surface area (Å²) in [6, 6.07) is 6.49. The molecule has 2 rings (SSSR count). The summed E-state index contributed by atoms with van der Waals surface area (Å²) in [4.78, 5) is 27.0. The van der Waals surface area contributed by atoms with Crippen LogP contribution in [0.3, 0.4) is 0 Å². The summed E-state index contributed by atoms with van der Waals surface area (Å²) < 4.78 is 17.7. The van der Waals surface area contributed by atoms with Crippen LogP contribution in [0.15, 0.2) is 42.7 Å². The lowest BCUT2D eigenvalue weighted by Crippen LogP contribution is -2.21. The van der Waals surface area contributed by atoms with E-state index in [0.29, 0.717) is 0 Å². The molecule has 0 saturated carbocycles. The van der Waals surface area contributed by atoms with Gasteiger partial charge >= 0.3 is 5.97 Å². The summed E-state index contributed by atoms with van der Waals surface area (Å²) in [7, 11) is 0. The zero-order chi connectivity index (χ0) is 15.2. The number of benzene rings is 1. The molecule has 0 aliphatic heterocycles. The van der Waals surface area contributed by atoms with Crippen LogP contribution in [-0.2, 0) is 9.53 Å². The van der Waals surface area contributed by atoms with E-state index in [2.05, 4.69) is 10.3 Å². The number of carbonyl (C=O) groups excluding carboxylic acids is 2. The van der Waals surface area contributed by atoms with E-state index >= 15 is 0 Å². The van der Waals surface area contributed by atoms with Crippen LogP contribution in [0, 0.1) is 5.82 Å². The van der Waals surface area contributed by atoms with Gasteiger partial charge in [0, 0.05) is 12.4 Å². The number of nitrogens with zero attached hydrogens (tertiary/aromatic N) is 1. The van der Waals surface area contributed by atoms with Gasteiger partial charge in [0.1, 0.15) is 5.82 Å². The molecule has 1 aromatic carbocycles. The number of anilines is 1. The number of hydrogen-bond acceptors (Lipinski definition) is 4. The third-order valence-corrected chi connectivity index (χ3v) is 2.77. The second-order valence-electron chi connectivity index (χ2n) is 3.98. The first kappa shape index (κ1) is 14.9. The Balaban J connectivity index is 1.89. The van der Waals surface area contributed by atoms with Crippen LogP contribution in [0.4, 0.5) is 10.1 Å². The van der Waals surface area contributed by atoms with Crippen LogP contribution in [0.5, 0.6) is 0 Å². The number of nitrogens with one attached hydrogen (secondary N) is 1. The van der Waals surface area contributed by atoms with Crippen molar-refractivity contribution in [1.29, 1.82) is 0 Å². The lowest BCUT2D eigenvalue weighted by molar-refractivity contribution is -0.119. The maximum atomic E-state index is 12.9. The molecule has 108 valence electrons. The summed E-state index contributed by atoms with van der Waals surface area (Å²) >= 11 is 5.76. The third kappa shape index (κ3) is 4.25. The molecule has 0 aliphatic rings. The van der Waals surface area contributed by atoms with Crippen molar-refractivity contribution < 1.29 is 18.7 Å². The van der Waals surface area contributed by atoms with Gasteiger partial charge in [-0.05, 0) is 30.3 Å². The fourth-order valence-electron chi connectivity index (χ4n) is 1.48. The van der Waals surface area contributed by atoms with Crippen LogP contribution in [0.25, 0.3) is 0 Å². The Kier molecular flexibility index (Phi) is 4.84. The normalized spacial score (nSPS) is 10.0. The number of hydrogen-bond donors (Lipinski definition) is 1. The number of pyridine rings is 1. The van der Waals surface area contributed by atoms with Crippen molar-refractivity contribution in [3.05, 3.63) is 59.1 Å². The van der Waals surface area contributed by atoms with Gasteiger partial charge in [-0.1, -0.05) is 11.6 Å². The third-order valence-electron chi connectivity index (χ3n) is 2.46. The fraction of sp³-hybridized carbons (Fsp3) is 0.0714. The largest absolute Gasteiger partial charge is 0.452 e. The Labute approximate surface area is 124 Å². The molecule has 7 heteroatoms. The molecule has 21 heavy (non-hydrogen) atoms. The Morgan fingerprint density at radius 3 is 2.62 bits per heavy atom. The molecular weight excluding hydrogens is 299 g/mol. The lowest BCUT2D eigenvalue weighted by atomic mass is 10.3. The highest BCUT2D eigenvalue weighted by molar-refractivity contribution is 6.33. The van der Waals surface area contributed by atoms with Crippen molar-refractivity contribution in [3.8, 4) is 0 Å². The number of rotatable bonds is 4. The molecule has 1 aromatic heterocycles. The van der Waals surface area contributed by atoms with Crippen molar-refractivity contribution in [2.45, 2.75) is 0 Å². The van der Waals surface area contributed by atoms with Crippen molar-refractivity contribution in [3.63, 3.8) is 0 Å². The van der Waals surface area contributed by atoms with Gasteiger partial charge in [0.15, 0.2) is 6.61 Å². The van der Waals surface area contributed by atoms with Crippen molar-refractivity contribution >= 4 is 29.2 Å². The smallest absolute Gasteiger partial charge is 0.338 e. The Morgan fingerprint density at radius 1 is 1.24 bits per heavy atom.